The van der Waals surface area contributed by atoms with E-state index in [9.17, 15) is 9.90 Å². The van der Waals surface area contributed by atoms with Gasteiger partial charge in [-0.15, -0.1) is 0 Å². The fourth-order valence-corrected chi connectivity index (χ4v) is 4.16. The van der Waals surface area contributed by atoms with Gasteiger partial charge < -0.3 is 29.2 Å². The standard InChI is InChI=1S/C26H34N2O5/c1-6-28-21-12-17(5)10-11-19(21)20(24(28)26(29)30)16-27-15-18-13-22(31-7-2)25(33-9-4)23(14-18)32-8-3/h10-14,27H,6-9,15-16H2,1-5H3,(H,29,30). The highest BCUT2D eigenvalue weighted by atomic mass is 16.5. The number of aromatic nitrogens is 1. The highest BCUT2D eigenvalue weighted by Gasteiger charge is 2.22. The Bertz CT molecular complexity index is 1090. The van der Waals surface area contributed by atoms with Gasteiger partial charge in [0.25, 0.3) is 0 Å². The summed E-state index contributed by atoms with van der Waals surface area (Å²) in [6.45, 7) is 12.9. The maximum atomic E-state index is 12.1. The van der Waals surface area contributed by atoms with Crippen molar-refractivity contribution in [2.75, 3.05) is 19.8 Å². The molecule has 178 valence electrons. The zero-order valence-electron chi connectivity index (χ0n) is 20.2. The van der Waals surface area contributed by atoms with Crippen LogP contribution in [0.4, 0.5) is 0 Å². The summed E-state index contributed by atoms with van der Waals surface area (Å²) >= 11 is 0. The van der Waals surface area contributed by atoms with Gasteiger partial charge >= 0.3 is 5.97 Å². The second-order valence-electron chi connectivity index (χ2n) is 7.72. The summed E-state index contributed by atoms with van der Waals surface area (Å²) in [5, 5.41) is 14.3. The van der Waals surface area contributed by atoms with E-state index in [1.54, 1.807) is 0 Å². The summed E-state index contributed by atoms with van der Waals surface area (Å²) in [5.41, 5.74) is 4.15. The molecule has 0 atom stereocenters. The number of aromatic carboxylic acids is 1. The minimum absolute atomic E-state index is 0.335. The molecule has 0 aliphatic carbocycles. The third-order valence-electron chi connectivity index (χ3n) is 5.44. The maximum Gasteiger partial charge on any atom is 0.352 e. The molecule has 0 radical (unpaired) electrons. The molecule has 3 rings (SSSR count). The van der Waals surface area contributed by atoms with Gasteiger partial charge in [-0.1, -0.05) is 12.1 Å². The predicted octanol–water partition coefficient (Wildman–Crippen LogP) is 5.15. The van der Waals surface area contributed by atoms with E-state index in [1.807, 2.05) is 69.5 Å². The number of ether oxygens (including phenoxy) is 3. The average molecular weight is 455 g/mol. The molecule has 33 heavy (non-hydrogen) atoms. The minimum atomic E-state index is -0.916. The van der Waals surface area contributed by atoms with Gasteiger partial charge in [-0.05, 0) is 63.9 Å². The zero-order chi connectivity index (χ0) is 24.0. The van der Waals surface area contributed by atoms with Gasteiger partial charge in [-0.2, -0.15) is 0 Å². The van der Waals surface area contributed by atoms with E-state index in [0.717, 1.165) is 27.6 Å². The van der Waals surface area contributed by atoms with Crippen LogP contribution in [-0.4, -0.2) is 35.5 Å². The van der Waals surface area contributed by atoms with Crippen LogP contribution in [-0.2, 0) is 19.6 Å². The molecule has 0 amide bonds. The van der Waals surface area contributed by atoms with Gasteiger partial charge in [0.1, 0.15) is 5.69 Å². The molecule has 7 nitrogen and oxygen atoms in total. The molecule has 1 heterocycles. The highest BCUT2D eigenvalue weighted by molar-refractivity contribution is 5.98. The van der Waals surface area contributed by atoms with E-state index >= 15 is 0 Å². The average Bonchev–Trinajstić information content (AvgIpc) is 3.09. The molecule has 0 unspecified atom stereocenters. The van der Waals surface area contributed by atoms with Crippen molar-refractivity contribution in [3.8, 4) is 17.2 Å². The number of benzene rings is 2. The van der Waals surface area contributed by atoms with Gasteiger partial charge in [-0.3, -0.25) is 0 Å². The number of carboxylic acid groups (broad SMARTS) is 1. The van der Waals surface area contributed by atoms with E-state index in [1.165, 1.54) is 0 Å². The Labute approximate surface area is 195 Å². The smallest absolute Gasteiger partial charge is 0.352 e. The Morgan fingerprint density at radius 1 is 0.939 bits per heavy atom. The maximum absolute atomic E-state index is 12.1. The third kappa shape index (κ3) is 5.25. The van der Waals surface area contributed by atoms with E-state index < -0.39 is 5.97 Å². The summed E-state index contributed by atoms with van der Waals surface area (Å²) < 4.78 is 19.3. The van der Waals surface area contributed by atoms with Crippen LogP contribution in [0.3, 0.4) is 0 Å². The molecule has 0 saturated heterocycles. The van der Waals surface area contributed by atoms with Crippen molar-refractivity contribution >= 4 is 16.9 Å². The largest absolute Gasteiger partial charge is 0.490 e. The Morgan fingerprint density at radius 3 is 2.12 bits per heavy atom. The van der Waals surface area contributed by atoms with Crippen LogP contribution < -0.4 is 19.5 Å². The molecule has 3 aromatic rings. The van der Waals surface area contributed by atoms with E-state index in [0.29, 0.717) is 62.4 Å². The first-order valence-corrected chi connectivity index (χ1v) is 11.6. The van der Waals surface area contributed by atoms with Crippen molar-refractivity contribution in [1.82, 2.24) is 9.88 Å². The number of carbonyl (C=O) groups is 1. The number of hydrogen-bond donors (Lipinski definition) is 2. The minimum Gasteiger partial charge on any atom is -0.490 e. The number of carboxylic acids is 1. The molecule has 1 aromatic heterocycles. The fraction of sp³-hybridized carbons (Fsp3) is 0.423. The lowest BCUT2D eigenvalue weighted by Gasteiger charge is -2.17. The first-order chi connectivity index (χ1) is 15.9. The molecular weight excluding hydrogens is 420 g/mol. The Morgan fingerprint density at radius 2 is 1.58 bits per heavy atom. The molecule has 2 aromatic carbocycles. The molecule has 0 saturated carbocycles. The van der Waals surface area contributed by atoms with Crippen molar-refractivity contribution in [3.63, 3.8) is 0 Å². The van der Waals surface area contributed by atoms with Gasteiger partial charge in [0.05, 0.1) is 19.8 Å². The zero-order valence-corrected chi connectivity index (χ0v) is 20.2. The number of aryl methyl sites for hydroxylation is 2. The molecular formula is C26H34N2O5. The molecule has 2 N–H and O–H groups in total. The van der Waals surface area contributed by atoms with Gasteiger partial charge in [0, 0.05) is 36.1 Å². The van der Waals surface area contributed by atoms with Crippen LogP contribution in [0.2, 0.25) is 0 Å². The monoisotopic (exact) mass is 454 g/mol. The van der Waals surface area contributed by atoms with Crippen molar-refractivity contribution in [2.45, 2.75) is 54.3 Å². The number of hydrogen-bond acceptors (Lipinski definition) is 5. The van der Waals surface area contributed by atoms with Crippen LogP contribution >= 0.6 is 0 Å². The number of rotatable bonds is 12. The normalized spacial score (nSPS) is 11.1. The molecule has 0 spiro atoms. The molecule has 0 aliphatic rings. The summed E-state index contributed by atoms with van der Waals surface area (Å²) in [5.74, 6) is 0.984. The Hall–Kier alpha value is -3.19. The van der Waals surface area contributed by atoms with Crippen molar-refractivity contribution in [2.24, 2.45) is 0 Å². The SMILES string of the molecule is CCOc1cc(CNCc2c(C(=O)O)n(CC)c3cc(C)ccc23)cc(OCC)c1OCC. The summed E-state index contributed by atoms with van der Waals surface area (Å²) in [6, 6.07) is 9.97. The Balaban J connectivity index is 1.91. The van der Waals surface area contributed by atoms with Crippen LogP contribution in [0.25, 0.3) is 10.9 Å². The van der Waals surface area contributed by atoms with Crippen molar-refractivity contribution in [1.29, 1.82) is 0 Å². The predicted molar refractivity (Wildman–Crippen MR) is 130 cm³/mol. The fourth-order valence-electron chi connectivity index (χ4n) is 4.16. The van der Waals surface area contributed by atoms with Gasteiger partial charge in [-0.25, -0.2) is 4.79 Å². The second-order valence-corrected chi connectivity index (χ2v) is 7.72. The topological polar surface area (TPSA) is 82.0 Å². The summed E-state index contributed by atoms with van der Waals surface area (Å²) in [7, 11) is 0. The van der Waals surface area contributed by atoms with Gasteiger partial charge in [0.2, 0.25) is 5.75 Å². The Kier molecular flexibility index (Phi) is 8.22. The third-order valence-corrected chi connectivity index (χ3v) is 5.44. The first-order valence-electron chi connectivity index (χ1n) is 11.6. The lowest BCUT2D eigenvalue weighted by atomic mass is 10.1. The number of nitrogens with zero attached hydrogens (tertiary/aromatic N) is 1. The van der Waals surface area contributed by atoms with Crippen molar-refractivity contribution < 1.29 is 24.1 Å². The highest BCUT2D eigenvalue weighted by Crippen LogP contribution is 2.39. The number of fused-ring (bicyclic) bond motifs is 1. The van der Waals surface area contributed by atoms with Crippen LogP contribution in [0.1, 0.15) is 54.9 Å². The second kappa shape index (κ2) is 11.1. The van der Waals surface area contributed by atoms with Crippen molar-refractivity contribution in [3.05, 3.63) is 52.7 Å². The summed E-state index contributed by atoms with van der Waals surface area (Å²) in [4.78, 5) is 12.1. The molecule has 0 fully saturated rings. The lowest BCUT2D eigenvalue weighted by Crippen LogP contribution is -2.17. The quantitative estimate of drug-likeness (QED) is 0.394. The molecule has 0 bridgehead atoms. The van der Waals surface area contributed by atoms with E-state index in [-0.39, 0.29) is 0 Å². The van der Waals surface area contributed by atoms with E-state index in [2.05, 4.69) is 5.32 Å². The van der Waals surface area contributed by atoms with Gasteiger partial charge in [0.15, 0.2) is 11.5 Å². The van der Waals surface area contributed by atoms with Crippen LogP contribution in [0.5, 0.6) is 17.2 Å². The first kappa shape index (κ1) is 24.5. The molecule has 7 heteroatoms. The summed E-state index contributed by atoms with van der Waals surface area (Å²) in [6.07, 6.45) is 0. The van der Waals surface area contributed by atoms with Crippen LogP contribution in [0, 0.1) is 6.92 Å². The van der Waals surface area contributed by atoms with Crippen LogP contribution in [0.15, 0.2) is 30.3 Å². The lowest BCUT2D eigenvalue weighted by molar-refractivity contribution is 0.0684. The molecule has 0 aliphatic heterocycles. The van der Waals surface area contributed by atoms with E-state index in [4.69, 9.17) is 14.2 Å². The number of nitrogens with one attached hydrogen (secondary N) is 1.